The minimum absolute atomic E-state index is 0.0408. The molecule has 4 nitrogen and oxygen atoms in total. The zero-order valence-electron chi connectivity index (χ0n) is 10.4. The number of hydrogen-bond acceptors (Lipinski definition) is 3. The van der Waals surface area contributed by atoms with Gasteiger partial charge in [0, 0.05) is 5.69 Å². The molecule has 0 aliphatic heterocycles. The molecule has 0 aliphatic rings. The normalized spacial score (nSPS) is 10.3. The molecule has 1 amide bonds. The zero-order chi connectivity index (χ0) is 14.7. The fourth-order valence-electron chi connectivity index (χ4n) is 1.66. The summed E-state index contributed by atoms with van der Waals surface area (Å²) < 4.78 is 18.8. The molecule has 0 unspecified atom stereocenters. The molecule has 2 aromatic carbocycles. The molecule has 0 saturated heterocycles. The number of hydrogen-bond donors (Lipinski definition) is 2. The first-order valence-corrected chi connectivity index (χ1v) is 6.11. The molecule has 2 rings (SSSR count). The summed E-state index contributed by atoms with van der Waals surface area (Å²) in [7, 11) is 0. The third-order valence-corrected chi connectivity index (χ3v) is 2.95. The Hall–Kier alpha value is -2.27. The van der Waals surface area contributed by atoms with Crippen LogP contribution in [0.3, 0.4) is 0 Å². The Morgan fingerprint density at radius 3 is 2.65 bits per heavy atom. The van der Waals surface area contributed by atoms with E-state index in [0.717, 1.165) is 0 Å². The van der Waals surface area contributed by atoms with Crippen LogP contribution < -0.4 is 16.2 Å². The Kier molecular flexibility index (Phi) is 4.10. The van der Waals surface area contributed by atoms with Crippen molar-refractivity contribution in [1.29, 1.82) is 0 Å². The number of nitrogen functional groups attached to an aromatic ring is 1. The molecular weight excluding hydrogens is 283 g/mol. The largest absolute Gasteiger partial charge is 0.488 e. The van der Waals surface area contributed by atoms with Crippen molar-refractivity contribution in [2.24, 2.45) is 5.73 Å². The van der Waals surface area contributed by atoms with E-state index in [0.29, 0.717) is 17.0 Å². The molecule has 0 fully saturated rings. The maximum Gasteiger partial charge on any atom is 0.252 e. The summed E-state index contributed by atoms with van der Waals surface area (Å²) >= 11 is 5.59. The van der Waals surface area contributed by atoms with Gasteiger partial charge in [-0.25, -0.2) is 4.39 Å². The molecule has 0 aromatic heterocycles. The summed E-state index contributed by atoms with van der Waals surface area (Å²) in [6, 6.07) is 8.90. The number of halogens is 2. The molecule has 0 atom stereocenters. The second kappa shape index (κ2) is 5.79. The Balaban J connectivity index is 2.18. The number of amides is 1. The maximum atomic E-state index is 13.3. The van der Waals surface area contributed by atoms with Gasteiger partial charge in [0.25, 0.3) is 5.91 Å². The van der Waals surface area contributed by atoms with Crippen molar-refractivity contribution in [3.63, 3.8) is 0 Å². The Bertz CT molecular complexity index is 662. The van der Waals surface area contributed by atoms with E-state index >= 15 is 0 Å². The maximum absolute atomic E-state index is 13.3. The van der Waals surface area contributed by atoms with E-state index in [1.54, 1.807) is 18.2 Å². The van der Waals surface area contributed by atoms with Gasteiger partial charge in [-0.15, -0.1) is 0 Å². The molecule has 0 heterocycles. The third kappa shape index (κ3) is 3.19. The summed E-state index contributed by atoms with van der Waals surface area (Å²) in [5.41, 5.74) is 12.0. The van der Waals surface area contributed by atoms with Crippen LogP contribution in [0.15, 0.2) is 36.4 Å². The third-order valence-electron chi connectivity index (χ3n) is 2.65. The van der Waals surface area contributed by atoms with Crippen LogP contribution in [-0.2, 0) is 6.61 Å². The summed E-state index contributed by atoms with van der Waals surface area (Å²) in [6.07, 6.45) is 0. The quantitative estimate of drug-likeness (QED) is 0.851. The number of rotatable bonds is 4. The van der Waals surface area contributed by atoms with E-state index in [4.69, 9.17) is 27.8 Å². The molecule has 0 radical (unpaired) electrons. The van der Waals surface area contributed by atoms with E-state index in [1.807, 2.05) is 0 Å². The lowest BCUT2D eigenvalue weighted by Crippen LogP contribution is -2.13. The molecule has 20 heavy (non-hydrogen) atoms. The number of carbonyl (C=O) groups is 1. The van der Waals surface area contributed by atoms with Crippen molar-refractivity contribution in [2.45, 2.75) is 6.61 Å². The monoisotopic (exact) mass is 294 g/mol. The highest BCUT2D eigenvalue weighted by Gasteiger charge is 2.10. The van der Waals surface area contributed by atoms with Crippen LogP contribution in [0.1, 0.15) is 15.9 Å². The molecule has 0 aliphatic carbocycles. The molecule has 104 valence electrons. The van der Waals surface area contributed by atoms with Gasteiger partial charge in [0.15, 0.2) is 0 Å². The molecule has 0 spiro atoms. The van der Waals surface area contributed by atoms with Crippen LogP contribution in [0.4, 0.5) is 10.1 Å². The predicted molar refractivity (Wildman–Crippen MR) is 75.1 cm³/mol. The van der Waals surface area contributed by atoms with E-state index in [1.165, 1.54) is 18.2 Å². The number of carbonyl (C=O) groups excluding carboxylic acids is 1. The first-order chi connectivity index (χ1) is 9.47. The highest BCUT2D eigenvalue weighted by atomic mass is 35.5. The molecule has 2 aromatic rings. The smallest absolute Gasteiger partial charge is 0.252 e. The SMILES string of the molecule is NC(=O)c1cc(N)ccc1OCc1ccc(Cl)c(F)c1. The van der Waals surface area contributed by atoms with E-state index in [-0.39, 0.29) is 17.2 Å². The van der Waals surface area contributed by atoms with Crippen LogP contribution in [0.25, 0.3) is 0 Å². The van der Waals surface area contributed by atoms with Gasteiger partial charge < -0.3 is 16.2 Å². The first kappa shape index (κ1) is 14.1. The van der Waals surface area contributed by atoms with Crippen LogP contribution in [0.2, 0.25) is 5.02 Å². The van der Waals surface area contributed by atoms with Gasteiger partial charge in [-0.1, -0.05) is 17.7 Å². The summed E-state index contributed by atoms with van der Waals surface area (Å²) in [5, 5.41) is 0.0408. The fourth-order valence-corrected chi connectivity index (χ4v) is 1.77. The number of benzene rings is 2. The molecule has 4 N–H and O–H groups in total. The zero-order valence-corrected chi connectivity index (χ0v) is 11.2. The van der Waals surface area contributed by atoms with E-state index in [2.05, 4.69) is 0 Å². The molecule has 0 saturated carbocycles. The van der Waals surface area contributed by atoms with Gasteiger partial charge in [-0.3, -0.25) is 4.79 Å². The van der Waals surface area contributed by atoms with Gasteiger partial charge in [0.1, 0.15) is 18.2 Å². The van der Waals surface area contributed by atoms with Crippen molar-refractivity contribution >= 4 is 23.2 Å². The lowest BCUT2D eigenvalue weighted by atomic mass is 10.1. The van der Waals surface area contributed by atoms with Gasteiger partial charge in [-0.2, -0.15) is 0 Å². The summed E-state index contributed by atoms with van der Waals surface area (Å²) in [5.74, 6) is -0.878. The van der Waals surface area contributed by atoms with Crippen molar-refractivity contribution in [3.05, 3.63) is 58.4 Å². The second-order valence-corrected chi connectivity index (χ2v) is 4.56. The summed E-state index contributed by atoms with van der Waals surface area (Å²) in [6.45, 7) is 0.0816. The van der Waals surface area contributed by atoms with Gasteiger partial charge >= 0.3 is 0 Å². The lowest BCUT2D eigenvalue weighted by molar-refractivity contribution is 0.0996. The number of primary amides is 1. The minimum Gasteiger partial charge on any atom is -0.488 e. The topological polar surface area (TPSA) is 78.3 Å². The number of anilines is 1. The Labute approximate surface area is 120 Å². The Morgan fingerprint density at radius 1 is 1.25 bits per heavy atom. The lowest BCUT2D eigenvalue weighted by Gasteiger charge is -2.10. The second-order valence-electron chi connectivity index (χ2n) is 4.16. The van der Waals surface area contributed by atoms with Crippen LogP contribution in [0, 0.1) is 5.82 Å². The average Bonchev–Trinajstić information content (AvgIpc) is 2.41. The predicted octanol–water partition coefficient (Wildman–Crippen LogP) is 2.74. The average molecular weight is 295 g/mol. The summed E-state index contributed by atoms with van der Waals surface area (Å²) in [4.78, 5) is 11.3. The van der Waals surface area contributed by atoms with Crippen molar-refractivity contribution < 1.29 is 13.9 Å². The number of nitrogens with two attached hydrogens (primary N) is 2. The highest BCUT2D eigenvalue weighted by molar-refractivity contribution is 6.30. The molecule has 0 bridgehead atoms. The van der Waals surface area contributed by atoms with Crippen molar-refractivity contribution in [2.75, 3.05) is 5.73 Å². The first-order valence-electron chi connectivity index (χ1n) is 5.73. The minimum atomic E-state index is -0.644. The fraction of sp³-hybridized carbons (Fsp3) is 0.0714. The van der Waals surface area contributed by atoms with Crippen molar-refractivity contribution in [1.82, 2.24) is 0 Å². The Morgan fingerprint density at radius 2 is 2.00 bits per heavy atom. The van der Waals surface area contributed by atoms with Crippen LogP contribution >= 0.6 is 11.6 Å². The number of ether oxygens (including phenoxy) is 1. The van der Waals surface area contributed by atoms with Crippen molar-refractivity contribution in [3.8, 4) is 5.75 Å². The van der Waals surface area contributed by atoms with Gasteiger partial charge in [0.2, 0.25) is 0 Å². The van der Waals surface area contributed by atoms with Gasteiger partial charge in [-0.05, 0) is 35.9 Å². The van der Waals surface area contributed by atoms with Crippen LogP contribution in [-0.4, -0.2) is 5.91 Å². The molecule has 6 heteroatoms. The van der Waals surface area contributed by atoms with Crippen LogP contribution in [0.5, 0.6) is 5.75 Å². The van der Waals surface area contributed by atoms with E-state index < -0.39 is 11.7 Å². The van der Waals surface area contributed by atoms with E-state index in [9.17, 15) is 9.18 Å². The standard InChI is InChI=1S/C14H12ClFN2O2/c15-11-3-1-8(5-12(11)16)7-20-13-4-2-9(17)6-10(13)14(18)19/h1-6H,7,17H2,(H2,18,19). The van der Waals surface area contributed by atoms with Gasteiger partial charge in [0.05, 0.1) is 10.6 Å². The highest BCUT2D eigenvalue weighted by Crippen LogP contribution is 2.23. The molecular formula is C14H12ClFN2O2.